The van der Waals surface area contributed by atoms with Crippen molar-refractivity contribution >= 4 is 23.4 Å². The van der Waals surface area contributed by atoms with Crippen LogP contribution in [0.1, 0.15) is 50.2 Å². The standard InChI is InChI=1S/C25H22N2O3/c1-16-12-13-20(26-23(28)17(2)18-8-4-3-5-9-18)14-19(16)15-27-24(29)21-10-6-7-11-22(21)25(27)30/h3-14,17H,15H2,1-2H3,(H,26,28)/t17-/m1/s1. The van der Waals surface area contributed by atoms with Crippen LogP contribution < -0.4 is 5.32 Å². The first-order valence-electron chi connectivity index (χ1n) is 9.86. The zero-order valence-electron chi connectivity index (χ0n) is 16.9. The zero-order chi connectivity index (χ0) is 21.3. The molecule has 3 aromatic rings. The molecule has 1 aliphatic rings. The lowest BCUT2D eigenvalue weighted by molar-refractivity contribution is -0.117. The van der Waals surface area contributed by atoms with Gasteiger partial charge in [0.15, 0.2) is 0 Å². The Bertz CT molecular complexity index is 1100. The number of imide groups is 1. The SMILES string of the molecule is Cc1ccc(NC(=O)[C@H](C)c2ccccc2)cc1CN1C(=O)c2ccccc2C1=O. The fourth-order valence-electron chi connectivity index (χ4n) is 3.62. The Hall–Kier alpha value is -3.73. The molecular weight excluding hydrogens is 376 g/mol. The van der Waals surface area contributed by atoms with E-state index in [0.717, 1.165) is 16.7 Å². The van der Waals surface area contributed by atoms with Gasteiger partial charge in [-0.05, 0) is 54.8 Å². The molecule has 0 saturated heterocycles. The minimum absolute atomic E-state index is 0.114. The molecule has 4 rings (SSSR count). The van der Waals surface area contributed by atoms with Crippen LogP contribution in [0.4, 0.5) is 5.69 Å². The first-order chi connectivity index (χ1) is 14.5. The van der Waals surface area contributed by atoms with Gasteiger partial charge in [-0.2, -0.15) is 0 Å². The van der Waals surface area contributed by atoms with Crippen LogP contribution in [0.5, 0.6) is 0 Å². The van der Waals surface area contributed by atoms with Crippen molar-refractivity contribution in [2.24, 2.45) is 0 Å². The third-order valence-electron chi connectivity index (χ3n) is 5.52. The quantitative estimate of drug-likeness (QED) is 0.642. The number of nitrogens with one attached hydrogen (secondary N) is 1. The predicted octanol–water partition coefficient (Wildman–Crippen LogP) is 4.53. The summed E-state index contributed by atoms with van der Waals surface area (Å²) in [6, 6.07) is 22.0. The molecule has 1 atom stereocenters. The molecule has 0 saturated carbocycles. The molecule has 0 fully saturated rings. The van der Waals surface area contributed by atoms with Crippen molar-refractivity contribution in [2.75, 3.05) is 5.32 Å². The van der Waals surface area contributed by atoms with E-state index in [4.69, 9.17) is 0 Å². The second-order valence-corrected chi connectivity index (χ2v) is 7.50. The van der Waals surface area contributed by atoms with Gasteiger partial charge in [0.2, 0.25) is 5.91 Å². The smallest absolute Gasteiger partial charge is 0.261 e. The van der Waals surface area contributed by atoms with E-state index in [1.165, 1.54) is 4.90 Å². The van der Waals surface area contributed by atoms with Crippen LogP contribution in [0.2, 0.25) is 0 Å². The van der Waals surface area contributed by atoms with Crippen molar-refractivity contribution in [3.63, 3.8) is 0 Å². The second kappa shape index (κ2) is 7.95. The summed E-state index contributed by atoms with van der Waals surface area (Å²) in [5.74, 6) is -0.992. The summed E-state index contributed by atoms with van der Waals surface area (Å²) in [4.78, 5) is 39.3. The highest BCUT2D eigenvalue weighted by atomic mass is 16.2. The molecule has 150 valence electrons. The van der Waals surface area contributed by atoms with Crippen molar-refractivity contribution < 1.29 is 14.4 Å². The van der Waals surface area contributed by atoms with Gasteiger partial charge in [0.05, 0.1) is 23.6 Å². The van der Waals surface area contributed by atoms with Gasteiger partial charge in [0.25, 0.3) is 11.8 Å². The number of hydrogen-bond acceptors (Lipinski definition) is 3. The zero-order valence-corrected chi connectivity index (χ0v) is 16.9. The average Bonchev–Trinajstić information content (AvgIpc) is 3.01. The van der Waals surface area contributed by atoms with Crippen molar-refractivity contribution in [3.05, 3.63) is 101 Å². The van der Waals surface area contributed by atoms with E-state index in [0.29, 0.717) is 16.8 Å². The van der Waals surface area contributed by atoms with E-state index in [1.54, 1.807) is 24.3 Å². The Morgan fingerprint density at radius 1 is 0.900 bits per heavy atom. The molecule has 5 heteroatoms. The fraction of sp³-hybridized carbons (Fsp3) is 0.160. The highest BCUT2D eigenvalue weighted by Gasteiger charge is 2.35. The summed E-state index contributed by atoms with van der Waals surface area (Å²) in [5, 5.41) is 2.94. The summed E-state index contributed by atoms with van der Waals surface area (Å²) >= 11 is 0. The Balaban J connectivity index is 1.52. The van der Waals surface area contributed by atoms with Gasteiger partial charge in [-0.1, -0.05) is 48.5 Å². The van der Waals surface area contributed by atoms with Crippen LogP contribution in [-0.2, 0) is 11.3 Å². The van der Waals surface area contributed by atoms with E-state index in [9.17, 15) is 14.4 Å². The number of aryl methyl sites for hydroxylation is 1. The summed E-state index contributed by atoms with van der Waals surface area (Å²) in [6.45, 7) is 3.94. The van der Waals surface area contributed by atoms with Crippen molar-refractivity contribution in [1.82, 2.24) is 4.90 Å². The fourth-order valence-corrected chi connectivity index (χ4v) is 3.62. The van der Waals surface area contributed by atoms with Crippen LogP contribution >= 0.6 is 0 Å². The normalized spacial score (nSPS) is 13.9. The minimum atomic E-state index is -0.299. The molecule has 0 aromatic heterocycles. The molecule has 1 aliphatic heterocycles. The number of carbonyl (C=O) groups is 3. The third kappa shape index (κ3) is 3.62. The number of fused-ring (bicyclic) bond motifs is 1. The van der Waals surface area contributed by atoms with Crippen molar-refractivity contribution in [3.8, 4) is 0 Å². The van der Waals surface area contributed by atoms with Crippen LogP contribution in [0.25, 0.3) is 0 Å². The molecule has 30 heavy (non-hydrogen) atoms. The Kier molecular flexibility index (Phi) is 5.19. The van der Waals surface area contributed by atoms with Gasteiger partial charge in [-0.15, -0.1) is 0 Å². The molecule has 0 unspecified atom stereocenters. The van der Waals surface area contributed by atoms with Crippen LogP contribution in [0.15, 0.2) is 72.8 Å². The summed E-state index contributed by atoms with van der Waals surface area (Å²) in [5.41, 5.74) is 4.20. The summed E-state index contributed by atoms with van der Waals surface area (Å²) in [6.07, 6.45) is 0. The predicted molar refractivity (Wildman–Crippen MR) is 115 cm³/mol. The van der Waals surface area contributed by atoms with Gasteiger partial charge in [-0.25, -0.2) is 0 Å². The average molecular weight is 398 g/mol. The lowest BCUT2D eigenvalue weighted by Gasteiger charge is -2.18. The number of benzene rings is 3. The molecule has 3 amide bonds. The lowest BCUT2D eigenvalue weighted by atomic mass is 10.00. The molecule has 1 N–H and O–H groups in total. The maximum absolute atomic E-state index is 12.7. The summed E-state index contributed by atoms with van der Waals surface area (Å²) < 4.78 is 0. The van der Waals surface area contributed by atoms with Gasteiger partial charge in [-0.3, -0.25) is 19.3 Å². The topological polar surface area (TPSA) is 66.5 Å². The number of hydrogen-bond donors (Lipinski definition) is 1. The van der Waals surface area contributed by atoms with E-state index in [2.05, 4.69) is 5.32 Å². The maximum Gasteiger partial charge on any atom is 0.261 e. The first-order valence-corrected chi connectivity index (χ1v) is 9.86. The third-order valence-corrected chi connectivity index (χ3v) is 5.52. The number of amides is 3. The van der Waals surface area contributed by atoms with E-state index < -0.39 is 0 Å². The van der Waals surface area contributed by atoms with Crippen molar-refractivity contribution in [1.29, 1.82) is 0 Å². The maximum atomic E-state index is 12.7. The van der Waals surface area contributed by atoms with Gasteiger partial charge in [0, 0.05) is 5.69 Å². The van der Waals surface area contributed by atoms with Crippen LogP contribution in [0.3, 0.4) is 0 Å². The number of anilines is 1. The highest BCUT2D eigenvalue weighted by molar-refractivity contribution is 6.21. The van der Waals surface area contributed by atoms with Gasteiger partial charge >= 0.3 is 0 Å². The molecule has 0 radical (unpaired) electrons. The van der Waals surface area contributed by atoms with Gasteiger partial charge in [0.1, 0.15) is 0 Å². The van der Waals surface area contributed by atoms with E-state index in [-0.39, 0.29) is 30.2 Å². The number of nitrogens with zero attached hydrogens (tertiary/aromatic N) is 1. The van der Waals surface area contributed by atoms with E-state index in [1.807, 2.05) is 62.4 Å². The monoisotopic (exact) mass is 398 g/mol. The molecule has 3 aromatic carbocycles. The molecule has 0 bridgehead atoms. The second-order valence-electron chi connectivity index (χ2n) is 7.50. The molecule has 5 nitrogen and oxygen atoms in total. The Labute approximate surface area is 175 Å². The number of rotatable bonds is 5. The Morgan fingerprint density at radius 3 is 2.13 bits per heavy atom. The van der Waals surface area contributed by atoms with E-state index >= 15 is 0 Å². The highest BCUT2D eigenvalue weighted by Crippen LogP contribution is 2.26. The lowest BCUT2D eigenvalue weighted by Crippen LogP contribution is -2.29. The number of carbonyl (C=O) groups excluding carboxylic acids is 3. The molecular formula is C25H22N2O3. The van der Waals surface area contributed by atoms with Crippen LogP contribution in [0, 0.1) is 6.92 Å². The first kappa shape index (κ1) is 19.6. The molecule has 0 aliphatic carbocycles. The largest absolute Gasteiger partial charge is 0.326 e. The van der Waals surface area contributed by atoms with Gasteiger partial charge < -0.3 is 5.32 Å². The van der Waals surface area contributed by atoms with Crippen molar-refractivity contribution in [2.45, 2.75) is 26.3 Å². The van der Waals surface area contributed by atoms with Crippen LogP contribution in [-0.4, -0.2) is 22.6 Å². The Morgan fingerprint density at radius 2 is 1.50 bits per heavy atom. The molecule has 0 spiro atoms. The minimum Gasteiger partial charge on any atom is -0.326 e. The summed E-state index contributed by atoms with van der Waals surface area (Å²) in [7, 11) is 0. The molecule has 1 heterocycles.